The van der Waals surface area contributed by atoms with Crippen LogP contribution < -0.4 is 5.32 Å². The summed E-state index contributed by atoms with van der Waals surface area (Å²) in [7, 11) is 0. The highest BCUT2D eigenvalue weighted by Crippen LogP contribution is 2.05. The lowest BCUT2D eigenvalue weighted by Crippen LogP contribution is -2.25. The summed E-state index contributed by atoms with van der Waals surface area (Å²) in [5, 5.41) is 11.7. The standard InChI is InChI=1S/C8H13NO/c1-7-2-4-9-8(6-7)3-5-10/h2,4,6,8-10H,3,5H2,1H3. The first kappa shape index (κ1) is 7.35. The maximum absolute atomic E-state index is 8.61. The van der Waals surface area contributed by atoms with E-state index in [2.05, 4.69) is 18.3 Å². The van der Waals surface area contributed by atoms with Gasteiger partial charge in [-0.15, -0.1) is 0 Å². The van der Waals surface area contributed by atoms with E-state index in [1.165, 1.54) is 5.57 Å². The number of dihydropyridines is 1. The van der Waals surface area contributed by atoms with E-state index >= 15 is 0 Å². The van der Waals surface area contributed by atoms with Crippen molar-refractivity contribution >= 4 is 0 Å². The first-order valence-corrected chi connectivity index (χ1v) is 3.55. The van der Waals surface area contributed by atoms with Gasteiger partial charge < -0.3 is 10.4 Å². The van der Waals surface area contributed by atoms with Gasteiger partial charge in [-0.25, -0.2) is 0 Å². The number of nitrogens with one attached hydrogen (secondary N) is 1. The minimum absolute atomic E-state index is 0.245. The zero-order valence-electron chi connectivity index (χ0n) is 6.17. The smallest absolute Gasteiger partial charge is 0.0466 e. The van der Waals surface area contributed by atoms with Crippen molar-refractivity contribution in [3.8, 4) is 0 Å². The van der Waals surface area contributed by atoms with Crippen LogP contribution in [0.5, 0.6) is 0 Å². The number of aliphatic hydroxyl groups is 1. The Balaban J connectivity index is 2.43. The first-order chi connectivity index (χ1) is 4.83. The van der Waals surface area contributed by atoms with Gasteiger partial charge in [0, 0.05) is 12.6 Å². The van der Waals surface area contributed by atoms with Crippen molar-refractivity contribution in [2.45, 2.75) is 19.4 Å². The lowest BCUT2D eigenvalue weighted by atomic mass is 10.1. The Kier molecular flexibility index (Phi) is 2.51. The Labute approximate surface area is 61.3 Å². The normalized spacial score (nSPS) is 23.8. The Hall–Kier alpha value is -0.760. The average Bonchev–Trinajstić information content (AvgIpc) is 1.88. The maximum atomic E-state index is 8.61. The summed E-state index contributed by atoms with van der Waals surface area (Å²) in [5.74, 6) is 0. The molecule has 0 aromatic heterocycles. The minimum atomic E-state index is 0.245. The van der Waals surface area contributed by atoms with Crippen LogP contribution >= 0.6 is 0 Å². The van der Waals surface area contributed by atoms with E-state index in [1.807, 2.05) is 12.3 Å². The van der Waals surface area contributed by atoms with Crippen LogP contribution in [0.4, 0.5) is 0 Å². The monoisotopic (exact) mass is 139 g/mol. The molecule has 0 spiro atoms. The first-order valence-electron chi connectivity index (χ1n) is 3.55. The van der Waals surface area contributed by atoms with E-state index in [9.17, 15) is 0 Å². The van der Waals surface area contributed by atoms with Gasteiger partial charge in [0.2, 0.25) is 0 Å². The van der Waals surface area contributed by atoms with Crippen molar-refractivity contribution in [3.63, 3.8) is 0 Å². The largest absolute Gasteiger partial charge is 0.396 e. The van der Waals surface area contributed by atoms with E-state index in [0.717, 1.165) is 6.42 Å². The van der Waals surface area contributed by atoms with E-state index in [1.54, 1.807) is 0 Å². The molecule has 1 atom stereocenters. The SMILES string of the molecule is CC1=CC(CCO)NC=C1. The second-order valence-electron chi connectivity index (χ2n) is 2.53. The van der Waals surface area contributed by atoms with Gasteiger partial charge in [-0.2, -0.15) is 0 Å². The molecule has 0 radical (unpaired) electrons. The second-order valence-corrected chi connectivity index (χ2v) is 2.53. The van der Waals surface area contributed by atoms with Gasteiger partial charge in [-0.3, -0.25) is 0 Å². The van der Waals surface area contributed by atoms with Gasteiger partial charge in [0.05, 0.1) is 0 Å². The summed E-state index contributed by atoms with van der Waals surface area (Å²) in [4.78, 5) is 0. The Morgan fingerprint density at radius 2 is 2.50 bits per heavy atom. The Bertz CT molecular complexity index is 161. The van der Waals surface area contributed by atoms with Crippen molar-refractivity contribution < 1.29 is 5.11 Å². The van der Waals surface area contributed by atoms with Crippen LogP contribution in [0, 0.1) is 0 Å². The summed E-state index contributed by atoms with van der Waals surface area (Å²) in [6.45, 7) is 2.30. The van der Waals surface area contributed by atoms with Crippen LogP contribution in [0.25, 0.3) is 0 Å². The molecule has 0 aromatic rings. The molecule has 2 N–H and O–H groups in total. The zero-order chi connectivity index (χ0) is 7.40. The highest BCUT2D eigenvalue weighted by Gasteiger charge is 2.03. The number of aliphatic hydroxyl groups excluding tert-OH is 1. The van der Waals surface area contributed by atoms with Crippen molar-refractivity contribution in [2.24, 2.45) is 0 Å². The topological polar surface area (TPSA) is 32.3 Å². The van der Waals surface area contributed by atoms with Crippen molar-refractivity contribution in [1.29, 1.82) is 0 Å². The van der Waals surface area contributed by atoms with Crippen LogP contribution in [-0.4, -0.2) is 17.8 Å². The van der Waals surface area contributed by atoms with Gasteiger partial charge >= 0.3 is 0 Å². The van der Waals surface area contributed by atoms with E-state index in [0.29, 0.717) is 6.04 Å². The van der Waals surface area contributed by atoms with E-state index in [-0.39, 0.29) is 6.61 Å². The molecule has 1 rings (SSSR count). The van der Waals surface area contributed by atoms with Crippen LogP contribution in [0.1, 0.15) is 13.3 Å². The molecule has 2 heteroatoms. The number of hydrogen-bond donors (Lipinski definition) is 2. The molecule has 1 unspecified atom stereocenters. The molecule has 1 heterocycles. The summed E-state index contributed by atoms with van der Waals surface area (Å²) in [6.07, 6.45) is 6.86. The lowest BCUT2D eigenvalue weighted by Gasteiger charge is -2.15. The fourth-order valence-corrected chi connectivity index (χ4v) is 1.03. The molecule has 0 bridgehead atoms. The molecular weight excluding hydrogens is 126 g/mol. The predicted octanol–water partition coefficient (Wildman–Crippen LogP) is 0.801. The molecule has 0 saturated carbocycles. The molecule has 0 saturated heterocycles. The summed E-state index contributed by atoms with van der Waals surface area (Å²) >= 11 is 0. The summed E-state index contributed by atoms with van der Waals surface area (Å²) in [5.41, 5.74) is 1.26. The van der Waals surface area contributed by atoms with Crippen molar-refractivity contribution in [3.05, 3.63) is 23.9 Å². The molecule has 0 fully saturated rings. The van der Waals surface area contributed by atoms with Crippen LogP contribution in [0.3, 0.4) is 0 Å². The minimum Gasteiger partial charge on any atom is -0.396 e. The Morgan fingerprint density at radius 1 is 1.70 bits per heavy atom. The molecule has 10 heavy (non-hydrogen) atoms. The lowest BCUT2D eigenvalue weighted by molar-refractivity contribution is 0.278. The molecular formula is C8H13NO. The van der Waals surface area contributed by atoms with Crippen molar-refractivity contribution in [2.75, 3.05) is 6.61 Å². The van der Waals surface area contributed by atoms with Gasteiger partial charge in [0.1, 0.15) is 0 Å². The number of allylic oxidation sites excluding steroid dienone is 2. The average molecular weight is 139 g/mol. The van der Waals surface area contributed by atoms with Crippen LogP contribution in [0.15, 0.2) is 23.9 Å². The second kappa shape index (κ2) is 3.42. The third-order valence-corrected chi connectivity index (χ3v) is 1.56. The summed E-state index contributed by atoms with van der Waals surface area (Å²) < 4.78 is 0. The van der Waals surface area contributed by atoms with Gasteiger partial charge in [0.25, 0.3) is 0 Å². The maximum Gasteiger partial charge on any atom is 0.0466 e. The molecule has 0 amide bonds. The van der Waals surface area contributed by atoms with E-state index in [4.69, 9.17) is 5.11 Å². The number of rotatable bonds is 2. The molecule has 2 nitrogen and oxygen atoms in total. The van der Waals surface area contributed by atoms with Gasteiger partial charge in [0.15, 0.2) is 0 Å². The van der Waals surface area contributed by atoms with Gasteiger partial charge in [-0.1, -0.05) is 11.6 Å². The predicted molar refractivity (Wildman–Crippen MR) is 41.5 cm³/mol. The van der Waals surface area contributed by atoms with Crippen LogP contribution in [0.2, 0.25) is 0 Å². The molecule has 0 aromatic carbocycles. The Morgan fingerprint density at radius 3 is 3.10 bits per heavy atom. The third-order valence-electron chi connectivity index (χ3n) is 1.56. The highest BCUT2D eigenvalue weighted by molar-refractivity contribution is 5.22. The number of hydrogen-bond acceptors (Lipinski definition) is 2. The van der Waals surface area contributed by atoms with E-state index < -0.39 is 0 Å². The highest BCUT2D eigenvalue weighted by atomic mass is 16.3. The van der Waals surface area contributed by atoms with Gasteiger partial charge in [-0.05, 0) is 25.6 Å². The molecule has 1 aliphatic heterocycles. The molecule has 0 aliphatic carbocycles. The summed E-state index contributed by atoms with van der Waals surface area (Å²) in [6, 6.07) is 0.329. The molecule has 56 valence electrons. The zero-order valence-corrected chi connectivity index (χ0v) is 6.17. The fraction of sp³-hybridized carbons (Fsp3) is 0.500. The fourth-order valence-electron chi connectivity index (χ4n) is 1.03. The van der Waals surface area contributed by atoms with Crippen molar-refractivity contribution in [1.82, 2.24) is 5.32 Å². The third kappa shape index (κ3) is 1.88. The molecule has 1 aliphatic rings. The van der Waals surface area contributed by atoms with Crippen LogP contribution in [-0.2, 0) is 0 Å². The quantitative estimate of drug-likeness (QED) is 0.593.